The van der Waals surface area contributed by atoms with Crippen molar-refractivity contribution >= 4 is 22.1 Å². The first kappa shape index (κ1) is 12.0. The number of nitro benzene ring substituents is 1. The van der Waals surface area contributed by atoms with Gasteiger partial charge in [-0.1, -0.05) is 6.08 Å². The van der Waals surface area contributed by atoms with E-state index in [-0.39, 0.29) is 16.7 Å². The van der Waals surface area contributed by atoms with E-state index >= 15 is 0 Å². The normalized spacial score (nSPS) is 12.1. The Morgan fingerprint density at radius 1 is 1.44 bits per heavy atom. The quantitative estimate of drug-likeness (QED) is 0.509. The third-order valence-electron chi connectivity index (χ3n) is 2.73. The zero-order valence-corrected chi connectivity index (χ0v) is 9.96. The van der Waals surface area contributed by atoms with E-state index in [2.05, 4.69) is 16.9 Å². The van der Waals surface area contributed by atoms with Gasteiger partial charge < -0.3 is 5.32 Å². The molecule has 1 atom stereocenters. The molecule has 0 fully saturated rings. The highest BCUT2D eigenvalue weighted by Crippen LogP contribution is 2.30. The molecule has 0 bridgehead atoms. The first-order valence-electron chi connectivity index (χ1n) is 5.53. The zero-order valence-electron chi connectivity index (χ0n) is 9.96. The first-order chi connectivity index (χ1) is 8.63. The number of hydrogen-bond acceptors (Lipinski definition) is 4. The average molecular weight is 243 g/mol. The number of fused-ring (bicyclic) bond motifs is 1. The van der Waals surface area contributed by atoms with Crippen LogP contribution in [0.2, 0.25) is 0 Å². The van der Waals surface area contributed by atoms with Crippen molar-refractivity contribution in [2.24, 2.45) is 0 Å². The van der Waals surface area contributed by atoms with Crippen LogP contribution in [-0.2, 0) is 0 Å². The fourth-order valence-electron chi connectivity index (χ4n) is 1.76. The van der Waals surface area contributed by atoms with Gasteiger partial charge in [-0.2, -0.15) is 0 Å². The maximum Gasteiger partial charge on any atom is 0.277 e. The smallest absolute Gasteiger partial charge is 0.277 e. The Kier molecular flexibility index (Phi) is 3.23. The number of nitrogens with one attached hydrogen (secondary N) is 1. The van der Waals surface area contributed by atoms with E-state index < -0.39 is 0 Å². The van der Waals surface area contributed by atoms with Crippen LogP contribution in [-0.4, -0.2) is 15.9 Å². The van der Waals surface area contributed by atoms with Gasteiger partial charge in [-0.05, 0) is 19.1 Å². The van der Waals surface area contributed by atoms with Gasteiger partial charge in [0.15, 0.2) is 0 Å². The van der Waals surface area contributed by atoms with Crippen molar-refractivity contribution in [2.45, 2.75) is 13.0 Å². The minimum absolute atomic E-state index is 0.0786. The summed E-state index contributed by atoms with van der Waals surface area (Å²) in [7, 11) is 0. The van der Waals surface area contributed by atoms with Crippen LogP contribution in [0.15, 0.2) is 43.2 Å². The largest absolute Gasteiger partial charge is 0.379 e. The van der Waals surface area contributed by atoms with Crippen molar-refractivity contribution in [2.75, 3.05) is 5.32 Å². The molecule has 0 aliphatic carbocycles. The predicted octanol–water partition coefficient (Wildman–Crippen LogP) is 3.13. The number of aromatic nitrogens is 1. The van der Waals surface area contributed by atoms with Gasteiger partial charge in [-0.25, -0.2) is 0 Å². The fraction of sp³-hybridized carbons (Fsp3) is 0.154. The van der Waals surface area contributed by atoms with Gasteiger partial charge in [0.05, 0.1) is 10.3 Å². The molecular weight excluding hydrogens is 230 g/mol. The van der Waals surface area contributed by atoms with Gasteiger partial charge >= 0.3 is 0 Å². The van der Waals surface area contributed by atoms with Crippen molar-refractivity contribution in [1.29, 1.82) is 0 Å². The van der Waals surface area contributed by atoms with E-state index in [1.165, 1.54) is 6.07 Å². The lowest BCUT2D eigenvalue weighted by molar-refractivity contribution is -0.383. The highest BCUT2D eigenvalue weighted by molar-refractivity contribution is 5.99. The van der Waals surface area contributed by atoms with E-state index in [1.54, 1.807) is 30.6 Å². The van der Waals surface area contributed by atoms with Gasteiger partial charge in [0, 0.05) is 35.6 Å². The number of hydrogen-bond donors (Lipinski definition) is 1. The van der Waals surface area contributed by atoms with Crippen molar-refractivity contribution in [3.63, 3.8) is 0 Å². The van der Waals surface area contributed by atoms with E-state index in [9.17, 15) is 10.1 Å². The molecule has 0 aliphatic heterocycles. The summed E-state index contributed by atoms with van der Waals surface area (Å²) in [6, 6.07) is 4.93. The topological polar surface area (TPSA) is 68.1 Å². The van der Waals surface area contributed by atoms with Crippen LogP contribution in [0, 0.1) is 10.1 Å². The lowest BCUT2D eigenvalue weighted by atomic mass is 10.1. The van der Waals surface area contributed by atoms with E-state index in [4.69, 9.17) is 0 Å². The summed E-state index contributed by atoms with van der Waals surface area (Å²) in [6.07, 6.45) is 4.94. The number of non-ortho nitro benzene ring substituents is 1. The predicted molar refractivity (Wildman–Crippen MR) is 71.7 cm³/mol. The lowest BCUT2D eigenvalue weighted by Gasteiger charge is -2.13. The summed E-state index contributed by atoms with van der Waals surface area (Å²) < 4.78 is 0. The van der Waals surface area contributed by atoms with Crippen LogP contribution in [0.4, 0.5) is 11.4 Å². The molecule has 18 heavy (non-hydrogen) atoms. The summed E-state index contributed by atoms with van der Waals surface area (Å²) in [5.41, 5.74) is 0.903. The molecule has 0 amide bonds. The molecule has 0 aliphatic rings. The maximum absolute atomic E-state index is 11.0. The number of benzene rings is 1. The Labute approximate surface area is 104 Å². The summed E-state index contributed by atoms with van der Waals surface area (Å²) in [5.74, 6) is 0. The zero-order chi connectivity index (χ0) is 13.1. The van der Waals surface area contributed by atoms with Gasteiger partial charge in [0.2, 0.25) is 0 Å². The number of rotatable bonds is 4. The molecule has 5 heteroatoms. The molecular formula is C13H13N3O2. The van der Waals surface area contributed by atoms with Crippen LogP contribution in [0.3, 0.4) is 0 Å². The van der Waals surface area contributed by atoms with Crippen molar-refractivity contribution in [3.05, 3.63) is 53.4 Å². The third-order valence-corrected chi connectivity index (χ3v) is 2.73. The molecule has 1 aromatic heterocycles. The summed E-state index contributed by atoms with van der Waals surface area (Å²) in [4.78, 5) is 14.6. The van der Waals surface area contributed by atoms with Crippen molar-refractivity contribution in [1.82, 2.24) is 4.98 Å². The molecule has 1 heterocycles. The van der Waals surface area contributed by atoms with Crippen LogP contribution in [0.25, 0.3) is 10.8 Å². The monoisotopic (exact) mass is 243 g/mol. The number of anilines is 1. The molecule has 2 aromatic rings. The minimum atomic E-state index is -0.386. The maximum atomic E-state index is 11.0. The van der Waals surface area contributed by atoms with E-state index in [0.29, 0.717) is 5.39 Å². The van der Waals surface area contributed by atoms with E-state index in [1.807, 2.05) is 6.92 Å². The Hall–Kier alpha value is -2.43. The Morgan fingerprint density at radius 2 is 2.22 bits per heavy atom. The fourth-order valence-corrected chi connectivity index (χ4v) is 1.76. The van der Waals surface area contributed by atoms with Gasteiger partial charge in [-0.15, -0.1) is 6.58 Å². The molecule has 0 saturated carbocycles. The SMILES string of the molecule is C=CC(C)Nc1ccc([N+](=O)[O-])c2ccncc12. The molecule has 5 nitrogen and oxygen atoms in total. The molecule has 92 valence electrons. The molecule has 1 aromatic carbocycles. The molecule has 0 spiro atoms. The second kappa shape index (κ2) is 4.83. The average Bonchev–Trinajstić information content (AvgIpc) is 2.38. The van der Waals surface area contributed by atoms with Crippen LogP contribution >= 0.6 is 0 Å². The number of nitro groups is 1. The third kappa shape index (κ3) is 2.15. The summed E-state index contributed by atoms with van der Waals surface area (Å²) in [6.45, 7) is 5.65. The van der Waals surface area contributed by atoms with Gasteiger partial charge in [-0.3, -0.25) is 15.1 Å². The summed E-state index contributed by atoms with van der Waals surface area (Å²) >= 11 is 0. The van der Waals surface area contributed by atoms with Crippen LogP contribution in [0.1, 0.15) is 6.92 Å². The van der Waals surface area contributed by atoms with Crippen LogP contribution in [0.5, 0.6) is 0 Å². The van der Waals surface area contributed by atoms with Gasteiger partial charge in [0.1, 0.15) is 0 Å². The Balaban J connectivity index is 2.60. The van der Waals surface area contributed by atoms with Crippen LogP contribution < -0.4 is 5.32 Å². The molecule has 1 unspecified atom stereocenters. The molecule has 2 rings (SSSR count). The highest BCUT2D eigenvalue weighted by Gasteiger charge is 2.14. The standard InChI is InChI=1S/C13H13N3O2/c1-3-9(2)15-12-4-5-13(16(17)18)10-6-7-14-8-11(10)12/h3-9,15H,1H2,2H3. The minimum Gasteiger partial charge on any atom is -0.379 e. The second-order valence-corrected chi connectivity index (χ2v) is 3.98. The Morgan fingerprint density at radius 3 is 2.89 bits per heavy atom. The van der Waals surface area contributed by atoms with Gasteiger partial charge in [0.25, 0.3) is 5.69 Å². The van der Waals surface area contributed by atoms with E-state index in [0.717, 1.165) is 11.1 Å². The Bertz CT molecular complexity index is 610. The highest BCUT2D eigenvalue weighted by atomic mass is 16.6. The molecule has 1 N–H and O–H groups in total. The number of nitrogens with zero attached hydrogens (tertiary/aromatic N) is 2. The van der Waals surface area contributed by atoms with Crippen molar-refractivity contribution < 1.29 is 4.92 Å². The second-order valence-electron chi connectivity index (χ2n) is 3.98. The summed E-state index contributed by atoms with van der Waals surface area (Å²) in [5, 5.41) is 15.5. The molecule has 0 saturated heterocycles. The first-order valence-corrected chi connectivity index (χ1v) is 5.53. The lowest BCUT2D eigenvalue weighted by Crippen LogP contribution is -2.11. The molecule has 0 radical (unpaired) electrons. The number of pyridine rings is 1. The van der Waals surface area contributed by atoms with Crippen molar-refractivity contribution in [3.8, 4) is 0 Å².